The fourth-order valence-corrected chi connectivity index (χ4v) is 2.00. The Hall–Kier alpha value is -0.860. The predicted octanol–water partition coefficient (Wildman–Crippen LogP) is 3.76. The zero-order valence-electron chi connectivity index (χ0n) is 11.8. The number of ether oxygens (including phenoxy) is 1. The van der Waals surface area contributed by atoms with Crippen molar-refractivity contribution in [1.82, 2.24) is 5.32 Å². The maximum atomic E-state index is 5.69. The maximum Gasteiger partial charge on any atom is 0.0716 e. The SMILES string of the molecule is CCCNC(CC)CCCOCc1ccccc1. The average molecular weight is 249 g/mol. The van der Waals surface area contributed by atoms with Gasteiger partial charge in [-0.2, -0.15) is 0 Å². The van der Waals surface area contributed by atoms with Crippen molar-refractivity contribution in [3.63, 3.8) is 0 Å². The summed E-state index contributed by atoms with van der Waals surface area (Å²) >= 11 is 0. The first kappa shape index (κ1) is 15.2. The lowest BCUT2D eigenvalue weighted by atomic mass is 10.1. The van der Waals surface area contributed by atoms with E-state index in [4.69, 9.17) is 4.74 Å². The van der Waals surface area contributed by atoms with Gasteiger partial charge in [-0.1, -0.05) is 44.2 Å². The molecule has 18 heavy (non-hydrogen) atoms. The molecule has 2 heteroatoms. The summed E-state index contributed by atoms with van der Waals surface area (Å²) < 4.78 is 5.69. The molecule has 102 valence electrons. The number of rotatable bonds is 10. The van der Waals surface area contributed by atoms with Gasteiger partial charge in [0.1, 0.15) is 0 Å². The summed E-state index contributed by atoms with van der Waals surface area (Å²) in [7, 11) is 0. The Morgan fingerprint density at radius 2 is 1.94 bits per heavy atom. The van der Waals surface area contributed by atoms with Gasteiger partial charge < -0.3 is 10.1 Å². The maximum absolute atomic E-state index is 5.69. The van der Waals surface area contributed by atoms with Crippen LogP contribution in [0.25, 0.3) is 0 Å². The lowest BCUT2D eigenvalue weighted by molar-refractivity contribution is 0.115. The molecule has 0 heterocycles. The van der Waals surface area contributed by atoms with E-state index in [1.54, 1.807) is 0 Å². The van der Waals surface area contributed by atoms with Gasteiger partial charge in [0.05, 0.1) is 6.61 Å². The highest BCUT2D eigenvalue weighted by Crippen LogP contribution is 2.04. The lowest BCUT2D eigenvalue weighted by Crippen LogP contribution is -2.29. The molecule has 1 atom stereocenters. The van der Waals surface area contributed by atoms with Gasteiger partial charge >= 0.3 is 0 Å². The van der Waals surface area contributed by atoms with Crippen molar-refractivity contribution in [2.75, 3.05) is 13.2 Å². The van der Waals surface area contributed by atoms with E-state index in [-0.39, 0.29) is 0 Å². The molecule has 0 saturated heterocycles. The minimum atomic E-state index is 0.658. The first-order valence-corrected chi connectivity index (χ1v) is 7.21. The third-order valence-corrected chi connectivity index (χ3v) is 3.13. The van der Waals surface area contributed by atoms with Crippen LogP contribution in [-0.2, 0) is 11.3 Å². The Balaban J connectivity index is 2.03. The van der Waals surface area contributed by atoms with Gasteiger partial charge in [0.15, 0.2) is 0 Å². The summed E-state index contributed by atoms with van der Waals surface area (Å²) in [5.74, 6) is 0. The Kier molecular flexibility index (Phi) is 8.53. The molecular weight excluding hydrogens is 222 g/mol. The van der Waals surface area contributed by atoms with Crippen LogP contribution in [0, 0.1) is 0 Å². The van der Waals surface area contributed by atoms with Crippen LogP contribution in [0.15, 0.2) is 30.3 Å². The first-order valence-electron chi connectivity index (χ1n) is 7.21. The molecule has 0 fully saturated rings. The average Bonchev–Trinajstić information content (AvgIpc) is 2.43. The third-order valence-electron chi connectivity index (χ3n) is 3.13. The van der Waals surface area contributed by atoms with Gasteiger partial charge in [0, 0.05) is 12.6 Å². The van der Waals surface area contributed by atoms with Crippen LogP contribution in [0.3, 0.4) is 0 Å². The van der Waals surface area contributed by atoms with Gasteiger partial charge in [-0.05, 0) is 37.8 Å². The monoisotopic (exact) mass is 249 g/mol. The van der Waals surface area contributed by atoms with Crippen LogP contribution in [-0.4, -0.2) is 19.2 Å². The Labute approximate surface area is 112 Å². The van der Waals surface area contributed by atoms with Gasteiger partial charge in [-0.15, -0.1) is 0 Å². The summed E-state index contributed by atoms with van der Waals surface area (Å²) in [6.45, 7) is 7.18. The fourth-order valence-electron chi connectivity index (χ4n) is 2.00. The standard InChI is InChI=1S/C16H27NO/c1-3-12-17-16(4-2)11-8-13-18-14-15-9-6-5-7-10-15/h5-7,9-10,16-17H,3-4,8,11-14H2,1-2H3. The Bertz CT molecular complexity index is 286. The minimum Gasteiger partial charge on any atom is -0.377 e. The van der Waals surface area contributed by atoms with Crippen molar-refractivity contribution < 1.29 is 4.74 Å². The van der Waals surface area contributed by atoms with Crippen LogP contribution in [0.4, 0.5) is 0 Å². The van der Waals surface area contributed by atoms with E-state index in [1.807, 2.05) is 6.07 Å². The van der Waals surface area contributed by atoms with E-state index in [2.05, 4.69) is 43.4 Å². The molecule has 1 unspecified atom stereocenters. The minimum absolute atomic E-state index is 0.658. The third kappa shape index (κ3) is 6.77. The van der Waals surface area contributed by atoms with Crippen LogP contribution in [0.1, 0.15) is 45.1 Å². The van der Waals surface area contributed by atoms with E-state index >= 15 is 0 Å². The lowest BCUT2D eigenvalue weighted by Gasteiger charge is -2.16. The predicted molar refractivity (Wildman–Crippen MR) is 77.7 cm³/mol. The van der Waals surface area contributed by atoms with E-state index in [0.717, 1.165) is 26.2 Å². The van der Waals surface area contributed by atoms with Crippen molar-refractivity contribution in [3.8, 4) is 0 Å². The number of hydrogen-bond donors (Lipinski definition) is 1. The van der Waals surface area contributed by atoms with Crippen LogP contribution >= 0.6 is 0 Å². The summed E-state index contributed by atoms with van der Waals surface area (Å²) in [4.78, 5) is 0. The second kappa shape index (κ2) is 10.1. The molecular formula is C16H27NO. The summed E-state index contributed by atoms with van der Waals surface area (Å²) in [6.07, 6.45) is 4.77. The molecule has 1 rings (SSSR count). The molecule has 0 bridgehead atoms. The molecule has 0 aromatic heterocycles. The highest BCUT2D eigenvalue weighted by molar-refractivity contribution is 5.13. The normalized spacial score (nSPS) is 12.6. The molecule has 0 aliphatic rings. The smallest absolute Gasteiger partial charge is 0.0716 e. The van der Waals surface area contributed by atoms with Crippen molar-refractivity contribution in [1.29, 1.82) is 0 Å². The molecule has 0 radical (unpaired) electrons. The Morgan fingerprint density at radius 1 is 1.17 bits per heavy atom. The number of nitrogens with one attached hydrogen (secondary N) is 1. The molecule has 1 aromatic rings. The van der Waals surface area contributed by atoms with E-state index < -0.39 is 0 Å². The van der Waals surface area contributed by atoms with Crippen LogP contribution in [0.2, 0.25) is 0 Å². The summed E-state index contributed by atoms with van der Waals surface area (Å²) in [6, 6.07) is 11.0. The molecule has 0 aliphatic heterocycles. The second-order valence-corrected chi connectivity index (χ2v) is 4.74. The van der Waals surface area contributed by atoms with Crippen LogP contribution < -0.4 is 5.32 Å². The van der Waals surface area contributed by atoms with E-state index in [0.29, 0.717) is 6.04 Å². The zero-order chi connectivity index (χ0) is 13.1. The van der Waals surface area contributed by atoms with Crippen molar-refractivity contribution in [2.45, 2.75) is 52.2 Å². The fraction of sp³-hybridized carbons (Fsp3) is 0.625. The van der Waals surface area contributed by atoms with Crippen molar-refractivity contribution >= 4 is 0 Å². The summed E-state index contributed by atoms with van der Waals surface area (Å²) in [5, 5.41) is 3.57. The van der Waals surface area contributed by atoms with Crippen LogP contribution in [0.5, 0.6) is 0 Å². The van der Waals surface area contributed by atoms with E-state index in [1.165, 1.54) is 24.8 Å². The molecule has 0 saturated carbocycles. The molecule has 1 aromatic carbocycles. The van der Waals surface area contributed by atoms with Gasteiger partial charge in [0.25, 0.3) is 0 Å². The molecule has 2 nitrogen and oxygen atoms in total. The van der Waals surface area contributed by atoms with Crippen molar-refractivity contribution in [3.05, 3.63) is 35.9 Å². The summed E-state index contributed by atoms with van der Waals surface area (Å²) in [5.41, 5.74) is 1.26. The van der Waals surface area contributed by atoms with Gasteiger partial charge in [-0.3, -0.25) is 0 Å². The largest absolute Gasteiger partial charge is 0.377 e. The number of benzene rings is 1. The number of hydrogen-bond acceptors (Lipinski definition) is 2. The molecule has 0 spiro atoms. The molecule has 1 N–H and O–H groups in total. The van der Waals surface area contributed by atoms with Gasteiger partial charge in [0.2, 0.25) is 0 Å². The zero-order valence-corrected chi connectivity index (χ0v) is 11.8. The highest BCUT2D eigenvalue weighted by atomic mass is 16.5. The second-order valence-electron chi connectivity index (χ2n) is 4.74. The highest BCUT2D eigenvalue weighted by Gasteiger charge is 2.03. The molecule has 0 aliphatic carbocycles. The topological polar surface area (TPSA) is 21.3 Å². The quantitative estimate of drug-likeness (QED) is 0.637. The first-order chi connectivity index (χ1) is 8.86. The van der Waals surface area contributed by atoms with Crippen molar-refractivity contribution in [2.24, 2.45) is 0 Å². The van der Waals surface area contributed by atoms with Gasteiger partial charge in [-0.25, -0.2) is 0 Å². The Morgan fingerprint density at radius 3 is 2.61 bits per heavy atom. The molecule has 0 amide bonds. The van der Waals surface area contributed by atoms with E-state index in [9.17, 15) is 0 Å².